The van der Waals surface area contributed by atoms with Crippen LogP contribution in [0, 0.1) is 6.92 Å². The van der Waals surface area contributed by atoms with Crippen LogP contribution >= 0.6 is 11.3 Å². The predicted octanol–water partition coefficient (Wildman–Crippen LogP) is 1.52. The quantitative estimate of drug-likeness (QED) is 0.820. The Labute approximate surface area is 85.0 Å². The lowest BCUT2D eigenvalue weighted by Crippen LogP contribution is -2.31. The summed E-state index contributed by atoms with van der Waals surface area (Å²) in [4.78, 5) is 5.47. The molecule has 1 aromatic heterocycles. The number of aliphatic hydroxyl groups is 1. The third-order valence-electron chi connectivity index (χ3n) is 1.61. The van der Waals surface area contributed by atoms with Crippen molar-refractivity contribution in [1.82, 2.24) is 4.98 Å². The zero-order valence-corrected chi connectivity index (χ0v) is 8.60. The molecule has 1 N–H and O–H groups in total. The van der Waals surface area contributed by atoms with E-state index in [1.165, 1.54) is 16.2 Å². The van der Waals surface area contributed by atoms with Crippen LogP contribution in [0.25, 0.3) is 0 Å². The van der Waals surface area contributed by atoms with Crippen molar-refractivity contribution in [2.75, 3.05) is 24.6 Å². The number of rotatable bonds is 5. The maximum atomic E-state index is 12.2. The molecule has 0 bridgehead atoms. The third kappa shape index (κ3) is 3.19. The van der Waals surface area contributed by atoms with Crippen LogP contribution in [0.3, 0.4) is 0 Å². The highest BCUT2D eigenvalue weighted by molar-refractivity contribution is 7.13. The van der Waals surface area contributed by atoms with E-state index in [1.807, 2.05) is 0 Å². The molecule has 0 atom stereocenters. The van der Waals surface area contributed by atoms with Crippen molar-refractivity contribution < 1.29 is 13.9 Å². The summed E-state index contributed by atoms with van der Waals surface area (Å²) in [5.74, 6) is 0. The molecule has 0 aliphatic carbocycles. The summed E-state index contributed by atoms with van der Waals surface area (Å²) in [5.41, 5.74) is 0.808. The van der Waals surface area contributed by atoms with E-state index in [0.717, 1.165) is 5.69 Å². The van der Waals surface area contributed by atoms with Crippen molar-refractivity contribution in [3.63, 3.8) is 0 Å². The van der Waals surface area contributed by atoms with E-state index in [9.17, 15) is 8.78 Å². The number of nitrogens with zero attached hydrogens (tertiary/aromatic N) is 2. The second-order valence-corrected chi connectivity index (χ2v) is 3.67. The van der Waals surface area contributed by atoms with Crippen LogP contribution in [0.4, 0.5) is 13.9 Å². The van der Waals surface area contributed by atoms with Gasteiger partial charge in [0.1, 0.15) is 0 Å². The molecule has 0 saturated heterocycles. The van der Waals surface area contributed by atoms with E-state index in [1.54, 1.807) is 12.3 Å². The van der Waals surface area contributed by atoms with Crippen molar-refractivity contribution >= 4 is 16.5 Å². The minimum Gasteiger partial charge on any atom is -0.395 e. The van der Waals surface area contributed by atoms with Gasteiger partial charge in [-0.3, -0.25) is 0 Å². The van der Waals surface area contributed by atoms with Crippen molar-refractivity contribution in [3.05, 3.63) is 11.1 Å². The van der Waals surface area contributed by atoms with Crippen molar-refractivity contribution in [1.29, 1.82) is 0 Å². The molecule has 1 heterocycles. The first-order valence-corrected chi connectivity index (χ1v) is 5.07. The first-order valence-electron chi connectivity index (χ1n) is 4.19. The number of hydrogen-bond donors (Lipinski definition) is 1. The van der Waals surface area contributed by atoms with Gasteiger partial charge >= 0.3 is 0 Å². The van der Waals surface area contributed by atoms with Gasteiger partial charge in [-0.1, -0.05) is 0 Å². The van der Waals surface area contributed by atoms with Crippen molar-refractivity contribution in [2.45, 2.75) is 13.3 Å². The maximum Gasteiger partial charge on any atom is 0.255 e. The fraction of sp³-hybridized carbons (Fsp3) is 0.625. The first kappa shape index (κ1) is 11.3. The van der Waals surface area contributed by atoms with Crippen LogP contribution in [0.2, 0.25) is 0 Å². The lowest BCUT2D eigenvalue weighted by Gasteiger charge is -2.19. The van der Waals surface area contributed by atoms with E-state index in [2.05, 4.69) is 4.98 Å². The van der Waals surface area contributed by atoms with E-state index in [-0.39, 0.29) is 19.7 Å². The molecule has 0 spiro atoms. The molecule has 0 saturated carbocycles. The average molecular weight is 222 g/mol. The molecule has 0 aliphatic rings. The highest BCUT2D eigenvalue weighted by atomic mass is 32.1. The molecule has 0 amide bonds. The number of aromatic nitrogens is 1. The molecular formula is C8H12F2N2OS. The zero-order valence-electron chi connectivity index (χ0n) is 7.78. The monoisotopic (exact) mass is 222 g/mol. The Morgan fingerprint density at radius 1 is 1.64 bits per heavy atom. The number of thiazole rings is 1. The summed E-state index contributed by atoms with van der Waals surface area (Å²) >= 11 is 1.31. The molecule has 1 aromatic rings. The SMILES string of the molecule is Cc1csc(N(CCO)CC(F)F)n1. The van der Waals surface area contributed by atoms with Gasteiger partial charge in [0.15, 0.2) is 5.13 Å². The Balaban J connectivity index is 2.66. The Morgan fingerprint density at radius 3 is 2.79 bits per heavy atom. The van der Waals surface area contributed by atoms with Crippen LogP contribution in [-0.2, 0) is 0 Å². The Bertz CT molecular complexity index is 280. The molecule has 0 unspecified atom stereocenters. The number of anilines is 1. The Morgan fingerprint density at radius 2 is 2.36 bits per heavy atom. The number of hydrogen-bond acceptors (Lipinski definition) is 4. The van der Waals surface area contributed by atoms with Gasteiger partial charge in [0.25, 0.3) is 6.43 Å². The normalized spacial score (nSPS) is 10.9. The fourth-order valence-corrected chi connectivity index (χ4v) is 1.88. The summed E-state index contributed by atoms with van der Waals surface area (Å²) in [6, 6.07) is 0. The van der Waals surface area contributed by atoms with E-state index in [0.29, 0.717) is 5.13 Å². The molecule has 3 nitrogen and oxygen atoms in total. The van der Waals surface area contributed by atoms with E-state index >= 15 is 0 Å². The molecule has 80 valence electrons. The summed E-state index contributed by atoms with van der Waals surface area (Å²) in [5, 5.41) is 11.0. The van der Waals surface area contributed by atoms with Crippen LogP contribution in [0.15, 0.2) is 5.38 Å². The first-order chi connectivity index (χ1) is 6.63. The number of aryl methyl sites for hydroxylation is 1. The second kappa shape index (κ2) is 5.21. The van der Waals surface area contributed by atoms with Crippen molar-refractivity contribution in [3.8, 4) is 0 Å². The molecule has 6 heteroatoms. The van der Waals surface area contributed by atoms with Crippen LogP contribution in [0.1, 0.15) is 5.69 Å². The Kier molecular flexibility index (Phi) is 4.21. The molecule has 1 rings (SSSR count). The van der Waals surface area contributed by atoms with Gasteiger partial charge in [0.05, 0.1) is 18.8 Å². The fourth-order valence-electron chi connectivity index (χ4n) is 1.04. The molecule has 0 radical (unpaired) electrons. The predicted molar refractivity (Wildman–Crippen MR) is 52.2 cm³/mol. The highest BCUT2D eigenvalue weighted by Gasteiger charge is 2.14. The lowest BCUT2D eigenvalue weighted by molar-refractivity contribution is 0.153. The van der Waals surface area contributed by atoms with E-state index in [4.69, 9.17) is 5.11 Å². The smallest absolute Gasteiger partial charge is 0.255 e. The second-order valence-electron chi connectivity index (χ2n) is 2.83. The van der Waals surface area contributed by atoms with Gasteiger partial charge in [0.2, 0.25) is 0 Å². The summed E-state index contributed by atoms with van der Waals surface area (Å²) in [6.07, 6.45) is -2.41. The average Bonchev–Trinajstić information content (AvgIpc) is 2.50. The lowest BCUT2D eigenvalue weighted by atomic mass is 10.5. The molecular weight excluding hydrogens is 210 g/mol. The molecule has 14 heavy (non-hydrogen) atoms. The largest absolute Gasteiger partial charge is 0.395 e. The standard InChI is InChI=1S/C8H12F2N2OS/c1-6-5-14-8(11-6)12(2-3-13)4-7(9)10/h5,7,13H,2-4H2,1H3. The molecule has 0 aromatic carbocycles. The summed E-state index contributed by atoms with van der Waals surface area (Å²) in [6.45, 7) is 1.47. The minimum atomic E-state index is -2.41. The topological polar surface area (TPSA) is 36.4 Å². The zero-order chi connectivity index (χ0) is 10.6. The van der Waals surface area contributed by atoms with Gasteiger partial charge in [0, 0.05) is 11.9 Å². The van der Waals surface area contributed by atoms with Crippen LogP contribution < -0.4 is 4.90 Å². The molecule has 0 fully saturated rings. The maximum absolute atomic E-state index is 12.2. The van der Waals surface area contributed by atoms with Gasteiger partial charge < -0.3 is 10.0 Å². The van der Waals surface area contributed by atoms with Crippen LogP contribution in [0.5, 0.6) is 0 Å². The van der Waals surface area contributed by atoms with Crippen molar-refractivity contribution in [2.24, 2.45) is 0 Å². The summed E-state index contributed by atoms with van der Waals surface area (Å²) in [7, 11) is 0. The van der Waals surface area contributed by atoms with Gasteiger partial charge in [-0.15, -0.1) is 11.3 Å². The van der Waals surface area contributed by atoms with Crippen LogP contribution in [-0.4, -0.2) is 36.2 Å². The Hall–Kier alpha value is -0.750. The minimum absolute atomic E-state index is 0.147. The number of aliphatic hydroxyl groups excluding tert-OH is 1. The van der Waals surface area contributed by atoms with Gasteiger partial charge in [-0.05, 0) is 6.92 Å². The summed E-state index contributed by atoms with van der Waals surface area (Å²) < 4.78 is 24.3. The van der Waals surface area contributed by atoms with Gasteiger partial charge in [-0.25, -0.2) is 13.8 Å². The number of halogens is 2. The van der Waals surface area contributed by atoms with Gasteiger partial charge in [-0.2, -0.15) is 0 Å². The van der Waals surface area contributed by atoms with E-state index < -0.39 is 6.43 Å². The number of alkyl halides is 2. The highest BCUT2D eigenvalue weighted by Crippen LogP contribution is 2.20. The third-order valence-corrected chi connectivity index (χ3v) is 2.62. The molecule has 0 aliphatic heterocycles.